The van der Waals surface area contributed by atoms with Crippen LogP contribution >= 0.6 is 0 Å². The van der Waals surface area contributed by atoms with Gasteiger partial charge in [-0.05, 0) is 31.2 Å². The lowest BCUT2D eigenvalue weighted by atomic mass is 9.62. The largest absolute Gasteiger partial charge is 0.395 e. The molecule has 0 aromatic heterocycles. The van der Waals surface area contributed by atoms with Crippen LogP contribution in [0.2, 0.25) is 0 Å². The predicted molar refractivity (Wildman–Crippen MR) is 95.3 cm³/mol. The van der Waals surface area contributed by atoms with Crippen LogP contribution in [0.25, 0.3) is 0 Å². The second-order valence-corrected chi connectivity index (χ2v) is 7.91. The van der Waals surface area contributed by atoms with Crippen molar-refractivity contribution in [3.63, 3.8) is 0 Å². The van der Waals surface area contributed by atoms with E-state index in [0.717, 1.165) is 52.0 Å². The number of carbonyl (C=O) groups is 1. The molecule has 3 aliphatic rings. The van der Waals surface area contributed by atoms with Gasteiger partial charge in [0, 0.05) is 43.8 Å². The SMILES string of the molecule is O=C(NC1CC(CO)(c2ccccc2)C1)C1CN(C2CCOCC2)C1. The van der Waals surface area contributed by atoms with Crippen molar-refractivity contribution in [3.05, 3.63) is 35.9 Å². The van der Waals surface area contributed by atoms with Crippen LogP contribution in [0, 0.1) is 5.92 Å². The summed E-state index contributed by atoms with van der Waals surface area (Å²) < 4.78 is 5.41. The first-order valence-electron chi connectivity index (χ1n) is 9.49. The molecule has 4 rings (SSSR count). The van der Waals surface area contributed by atoms with Crippen molar-refractivity contribution < 1.29 is 14.6 Å². The van der Waals surface area contributed by atoms with Crippen LogP contribution in [0.3, 0.4) is 0 Å². The van der Waals surface area contributed by atoms with Crippen LogP contribution in [0.1, 0.15) is 31.2 Å². The zero-order chi connectivity index (χ0) is 17.3. The summed E-state index contributed by atoms with van der Waals surface area (Å²) in [5, 5.41) is 13.1. The summed E-state index contributed by atoms with van der Waals surface area (Å²) >= 11 is 0. The van der Waals surface area contributed by atoms with Gasteiger partial charge in [-0.3, -0.25) is 9.69 Å². The number of amides is 1. The van der Waals surface area contributed by atoms with Gasteiger partial charge in [-0.15, -0.1) is 0 Å². The molecule has 25 heavy (non-hydrogen) atoms. The van der Waals surface area contributed by atoms with E-state index < -0.39 is 0 Å². The van der Waals surface area contributed by atoms with Gasteiger partial charge in [0.15, 0.2) is 0 Å². The van der Waals surface area contributed by atoms with Gasteiger partial charge in [-0.2, -0.15) is 0 Å². The Morgan fingerprint density at radius 3 is 2.52 bits per heavy atom. The molecule has 2 N–H and O–H groups in total. The second-order valence-electron chi connectivity index (χ2n) is 7.91. The second kappa shape index (κ2) is 7.06. The van der Waals surface area contributed by atoms with Crippen LogP contribution < -0.4 is 5.32 Å². The van der Waals surface area contributed by atoms with Gasteiger partial charge >= 0.3 is 0 Å². The van der Waals surface area contributed by atoms with Gasteiger partial charge in [0.1, 0.15) is 0 Å². The third-order valence-corrected chi connectivity index (χ3v) is 6.30. The number of nitrogens with one attached hydrogen (secondary N) is 1. The number of ether oxygens (including phenoxy) is 1. The number of nitrogens with zero attached hydrogens (tertiary/aromatic N) is 1. The molecule has 136 valence electrons. The highest BCUT2D eigenvalue weighted by Gasteiger charge is 2.47. The molecule has 5 nitrogen and oxygen atoms in total. The molecule has 0 bridgehead atoms. The number of likely N-dealkylation sites (tertiary alicyclic amines) is 1. The fourth-order valence-corrected chi connectivity index (χ4v) is 4.58. The molecule has 1 saturated carbocycles. The fourth-order valence-electron chi connectivity index (χ4n) is 4.58. The Kier molecular flexibility index (Phi) is 4.80. The summed E-state index contributed by atoms with van der Waals surface area (Å²) in [5.74, 6) is 0.316. The molecule has 0 spiro atoms. The number of carbonyl (C=O) groups excluding carboxylic acids is 1. The van der Waals surface area contributed by atoms with Gasteiger partial charge < -0.3 is 15.2 Å². The van der Waals surface area contributed by atoms with E-state index in [1.54, 1.807) is 0 Å². The van der Waals surface area contributed by atoms with Crippen molar-refractivity contribution in [1.29, 1.82) is 0 Å². The van der Waals surface area contributed by atoms with Crippen LogP contribution in [0.4, 0.5) is 0 Å². The summed E-state index contributed by atoms with van der Waals surface area (Å²) in [6, 6.07) is 11.0. The molecule has 3 fully saturated rings. The van der Waals surface area contributed by atoms with E-state index in [-0.39, 0.29) is 29.9 Å². The van der Waals surface area contributed by atoms with E-state index in [1.807, 2.05) is 18.2 Å². The molecule has 1 aromatic rings. The van der Waals surface area contributed by atoms with Crippen molar-refractivity contribution >= 4 is 5.91 Å². The number of hydrogen-bond donors (Lipinski definition) is 2. The monoisotopic (exact) mass is 344 g/mol. The van der Waals surface area contributed by atoms with Gasteiger partial charge in [0.25, 0.3) is 0 Å². The lowest BCUT2D eigenvalue weighted by Gasteiger charge is -2.49. The van der Waals surface area contributed by atoms with Crippen molar-refractivity contribution in [1.82, 2.24) is 10.2 Å². The summed E-state index contributed by atoms with van der Waals surface area (Å²) in [5.41, 5.74) is 1.00. The van der Waals surface area contributed by atoms with Crippen molar-refractivity contribution in [2.24, 2.45) is 5.92 Å². The Labute approximate surface area is 149 Å². The third-order valence-electron chi connectivity index (χ3n) is 6.30. The van der Waals surface area contributed by atoms with Crippen LogP contribution in [-0.2, 0) is 14.9 Å². The summed E-state index contributed by atoms with van der Waals surface area (Å²) in [6.07, 6.45) is 3.84. The van der Waals surface area contributed by atoms with E-state index in [4.69, 9.17) is 4.74 Å². The first-order chi connectivity index (χ1) is 12.2. The van der Waals surface area contributed by atoms with Gasteiger partial charge in [0.2, 0.25) is 5.91 Å². The Morgan fingerprint density at radius 1 is 1.20 bits per heavy atom. The summed E-state index contributed by atoms with van der Waals surface area (Å²) in [6.45, 7) is 3.61. The molecule has 2 aliphatic heterocycles. The molecule has 0 radical (unpaired) electrons. The van der Waals surface area contributed by atoms with E-state index in [9.17, 15) is 9.90 Å². The predicted octanol–water partition coefficient (Wildman–Crippen LogP) is 1.31. The number of hydrogen-bond acceptors (Lipinski definition) is 4. The van der Waals surface area contributed by atoms with Gasteiger partial charge in [-0.25, -0.2) is 0 Å². The maximum Gasteiger partial charge on any atom is 0.225 e. The summed E-state index contributed by atoms with van der Waals surface area (Å²) in [4.78, 5) is 14.9. The van der Waals surface area contributed by atoms with Crippen LogP contribution in [0.5, 0.6) is 0 Å². The minimum atomic E-state index is -0.174. The first-order valence-corrected chi connectivity index (χ1v) is 9.49. The van der Waals surface area contributed by atoms with Gasteiger partial charge in [0.05, 0.1) is 12.5 Å². The molecule has 1 amide bonds. The summed E-state index contributed by atoms with van der Waals surface area (Å²) in [7, 11) is 0. The van der Waals surface area contributed by atoms with Gasteiger partial charge in [-0.1, -0.05) is 30.3 Å². The smallest absolute Gasteiger partial charge is 0.225 e. The molecule has 1 aromatic carbocycles. The minimum Gasteiger partial charge on any atom is -0.395 e. The average molecular weight is 344 g/mol. The molecular formula is C20H28N2O3. The molecule has 0 unspecified atom stereocenters. The third kappa shape index (κ3) is 3.33. The number of rotatable bonds is 5. The zero-order valence-corrected chi connectivity index (χ0v) is 14.7. The zero-order valence-electron chi connectivity index (χ0n) is 14.7. The van der Waals surface area contributed by atoms with Crippen LogP contribution in [0.15, 0.2) is 30.3 Å². The Morgan fingerprint density at radius 2 is 1.88 bits per heavy atom. The van der Waals surface area contributed by atoms with E-state index in [0.29, 0.717) is 6.04 Å². The molecule has 0 atom stereocenters. The highest BCUT2D eigenvalue weighted by Crippen LogP contribution is 2.43. The molecule has 2 saturated heterocycles. The number of aliphatic hydroxyl groups is 1. The lowest BCUT2D eigenvalue weighted by Crippen LogP contribution is -2.61. The lowest BCUT2D eigenvalue weighted by molar-refractivity contribution is -0.134. The highest BCUT2D eigenvalue weighted by molar-refractivity contribution is 5.80. The molecular weight excluding hydrogens is 316 g/mol. The Bertz CT molecular complexity index is 588. The van der Waals surface area contributed by atoms with E-state index in [2.05, 4.69) is 22.3 Å². The van der Waals surface area contributed by atoms with Crippen molar-refractivity contribution in [2.45, 2.75) is 43.2 Å². The number of aliphatic hydroxyl groups excluding tert-OH is 1. The topological polar surface area (TPSA) is 61.8 Å². The molecule has 1 aliphatic carbocycles. The molecule has 5 heteroatoms. The Hall–Kier alpha value is -1.43. The standard InChI is InChI=1S/C20H28N2O3/c23-14-20(16-4-2-1-3-5-16)10-17(11-20)21-19(24)15-12-22(13-15)18-6-8-25-9-7-18/h1-5,15,17-18,23H,6-14H2,(H,21,24). The average Bonchev–Trinajstić information content (AvgIpc) is 2.58. The number of benzene rings is 1. The first kappa shape index (κ1) is 17.0. The molecule has 2 heterocycles. The highest BCUT2D eigenvalue weighted by atomic mass is 16.5. The fraction of sp³-hybridized carbons (Fsp3) is 0.650. The van der Waals surface area contributed by atoms with Crippen molar-refractivity contribution in [3.8, 4) is 0 Å². The van der Waals surface area contributed by atoms with E-state index in [1.165, 1.54) is 5.56 Å². The maximum absolute atomic E-state index is 12.5. The Balaban J connectivity index is 1.24. The maximum atomic E-state index is 12.5. The van der Waals surface area contributed by atoms with E-state index >= 15 is 0 Å². The van der Waals surface area contributed by atoms with Crippen molar-refractivity contribution in [2.75, 3.05) is 32.9 Å². The normalized spacial score (nSPS) is 31.2. The quantitative estimate of drug-likeness (QED) is 0.845. The minimum absolute atomic E-state index is 0.128. The van der Waals surface area contributed by atoms with Crippen LogP contribution in [-0.4, -0.2) is 60.9 Å².